The van der Waals surface area contributed by atoms with E-state index in [-0.39, 0.29) is 17.5 Å². The van der Waals surface area contributed by atoms with Crippen molar-refractivity contribution in [2.45, 2.75) is 26.3 Å². The van der Waals surface area contributed by atoms with Crippen LogP contribution in [-0.4, -0.2) is 51.8 Å². The van der Waals surface area contributed by atoms with Crippen molar-refractivity contribution >= 4 is 17.2 Å². The van der Waals surface area contributed by atoms with Gasteiger partial charge in [0.05, 0.1) is 10.6 Å². The topological polar surface area (TPSA) is 63.1 Å². The third-order valence-corrected chi connectivity index (χ3v) is 5.56. The smallest absolute Gasteiger partial charge is 0.291 e. The molecule has 0 spiro atoms. The number of nitrogens with one attached hydrogen (secondary N) is 1. The van der Waals surface area contributed by atoms with Gasteiger partial charge in [-0.05, 0) is 50.0 Å². The second-order valence-corrected chi connectivity index (χ2v) is 7.57. The number of thiophene rings is 1. The number of rotatable bonds is 8. The number of aromatic nitrogens is 3. The highest BCUT2D eigenvalue weighted by molar-refractivity contribution is 7.13. The molecule has 0 fully saturated rings. The Labute approximate surface area is 168 Å². The molecule has 0 unspecified atom stereocenters. The van der Waals surface area contributed by atoms with Crippen molar-refractivity contribution in [2.24, 2.45) is 0 Å². The van der Waals surface area contributed by atoms with Gasteiger partial charge in [0, 0.05) is 19.1 Å². The zero-order valence-corrected chi connectivity index (χ0v) is 17.0. The summed E-state index contributed by atoms with van der Waals surface area (Å²) in [5.74, 6) is -0.129. The number of hydrogen-bond donors (Lipinski definition) is 1. The van der Waals surface area contributed by atoms with E-state index in [1.807, 2.05) is 24.6 Å². The van der Waals surface area contributed by atoms with Crippen molar-refractivity contribution in [2.75, 3.05) is 20.1 Å². The maximum Gasteiger partial charge on any atom is 0.291 e. The van der Waals surface area contributed by atoms with Crippen molar-refractivity contribution < 1.29 is 9.18 Å². The third kappa shape index (κ3) is 4.63. The van der Waals surface area contributed by atoms with Crippen molar-refractivity contribution in [3.8, 4) is 16.4 Å². The van der Waals surface area contributed by atoms with Crippen LogP contribution in [0.1, 0.15) is 30.9 Å². The summed E-state index contributed by atoms with van der Waals surface area (Å²) in [5, 5.41) is 9.14. The van der Waals surface area contributed by atoms with Gasteiger partial charge in [0.15, 0.2) is 5.82 Å². The van der Waals surface area contributed by atoms with Crippen LogP contribution < -0.4 is 5.32 Å². The summed E-state index contributed by atoms with van der Waals surface area (Å²) in [6.45, 7) is 5.53. The summed E-state index contributed by atoms with van der Waals surface area (Å²) >= 11 is 1.49. The molecule has 148 valence electrons. The van der Waals surface area contributed by atoms with Gasteiger partial charge in [0.2, 0.25) is 5.82 Å². The van der Waals surface area contributed by atoms with Gasteiger partial charge in [-0.25, -0.2) is 14.1 Å². The minimum atomic E-state index is -0.371. The molecule has 0 saturated carbocycles. The van der Waals surface area contributed by atoms with E-state index in [1.165, 1.54) is 28.2 Å². The quantitative estimate of drug-likeness (QED) is 0.627. The Bertz CT molecular complexity index is 925. The standard InChI is InChI=1S/C20H24FN5OS/c1-4-14(2)25(3)11-10-22-20(27)18-23-19(17-9-6-12-28-17)26(24-18)16-8-5-7-15(21)13-16/h5-9,12-14H,4,10-11H2,1-3H3,(H,22,27)/t14-/m0/s1. The zero-order chi connectivity index (χ0) is 20.1. The van der Waals surface area contributed by atoms with Gasteiger partial charge in [-0.3, -0.25) is 4.79 Å². The molecule has 1 N–H and O–H groups in total. The van der Waals surface area contributed by atoms with Gasteiger partial charge in [-0.15, -0.1) is 16.4 Å². The molecular formula is C20H24FN5OS. The first-order valence-electron chi connectivity index (χ1n) is 9.25. The Morgan fingerprint density at radius 2 is 2.18 bits per heavy atom. The van der Waals surface area contributed by atoms with Crippen molar-refractivity contribution in [3.05, 3.63) is 53.4 Å². The minimum absolute atomic E-state index is 0.0684. The minimum Gasteiger partial charge on any atom is -0.348 e. The van der Waals surface area contributed by atoms with Gasteiger partial charge in [0.25, 0.3) is 5.91 Å². The molecule has 28 heavy (non-hydrogen) atoms. The van der Waals surface area contributed by atoms with Gasteiger partial charge in [-0.1, -0.05) is 19.1 Å². The molecule has 3 aromatic rings. The zero-order valence-electron chi connectivity index (χ0n) is 16.2. The number of hydrogen-bond acceptors (Lipinski definition) is 5. The number of benzene rings is 1. The molecule has 1 atom stereocenters. The summed E-state index contributed by atoms with van der Waals surface area (Å²) in [6, 6.07) is 10.3. The maximum absolute atomic E-state index is 13.7. The van der Waals surface area contributed by atoms with Crippen molar-refractivity contribution in [3.63, 3.8) is 0 Å². The lowest BCUT2D eigenvalue weighted by atomic mass is 10.2. The lowest BCUT2D eigenvalue weighted by molar-refractivity contribution is 0.0937. The molecule has 1 amide bonds. The molecule has 0 aliphatic rings. The van der Waals surface area contributed by atoms with Crippen LogP contribution in [0.25, 0.3) is 16.4 Å². The summed E-state index contributed by atoms with van der Waals surface area (Å²) in [5.41, 5.74) is 0.520. The second-order valence-electron chi connectivity index (χ2n) is 6.62. The lowest BCUT2D eigenvalue weighted by Gasteiger charge is -2.23. The number of amides is 1. The summed E-state index contributed by atoms with van der Waals surface area (Å²) in [6.07, 6.45) is 1.05. The Balaban J connectivity index is 1.80. The van der Waals surface area contributed by atoms with Gasteiger partial charge in [0.1, 0.15) is 5.82 Å². The van der Waals surface area contributed by atoms with E-state index in [9.17, 15) is 9.18 Å². The van der Waals surface area contributed by atoms with Crippen LogP contribution in [0.3, 0.4) is 0 Å². The number of nitrogens with zero attached hydrogens (tertiary/aromatic N) is 4. The van der Waals surface area contributed by atoms with Crippen LogP contribution in [0, 0.1) is 5.82 Å². The average molecular weight is 402 g/mol. The molecule has 2 heterocycles. The van der Waals surface area contributed by atoms with Crippen molar-refractivity contribution in [1.29, 1.82) is 0 Å². The van der Waals surface area contributed by atoms with E-state index in [4.69, 9.17) is 0 Å². The third-order valence-electron chi connectivity index (χ3n) is 4.70. The molecule has 0 aliphatic heterocycles. The van der Waals surface area contributed by atoms with E-state index < -0.39 is 0 Å². The Morgan fingerprint density at radius 1 is 1.36 bits per heavy atom. The van der Waals surface area contributed by atoms with E-state index in [0.717, 1.165) is 17.8 Å². The van der Waals surface area contributed by atoms with E-state index >= 15 is 0 Å². The molecule has 0 bridgehead atoms. The number of carbonyl (C=O) groups is 1. The monoisotopic (exact) mass is 401 g/mol. The van der Waals surface area contributed by atoms with Gasteiger partial charge >= 0.3 is 0 Å². The van der Waals surface area contributed by atoms with E-state index in [2.05, 4.69) is 34.1 Å². The maximum atomic E-state index is 13.7. The highest BCUT2D eigenvalue weighted by Crippen LogP contribution is 2.25. The SMILES string of the molecule is CC[C@H](C)N(C)CCNC(=O)c1nc(-c2cccs2)n(-c2cccc(F)c2)n1. The number of halogens is 1. The molecule has 1 aromatic carbocycles. The Hall–Kier alpha value is -2.58. The van der Waals surface area contributed by atoms with Crippen LogP contribution in [-0.2, 0) is 0 Å². The van der Waals surface area contributed by atoms with Crippen LogP contribution in [0.2, 0.25) is 0 Å². The van der Waals surface area contributed by atoms with E-state index in [1.54, 1.807) is 12.1 Å². The fourth-order valence-electron chi connectivity index (χ4n) is 2.72. The molecule has 2 aromatic heterocycles. The second kappa shape index (κ2) is 9.07. The molecule has 0 saturated heterocycles. The summed E-state index contributed by atoms with van der Waals surface area (Å²) < 4.78 is 15.2. The van der Waals surface area contributed by atoms with E-state index in [0.29, 0.717) is 24.1 Å². The Morgan fingerprint density at radius 3 is 2.86 bits per heavy atom. The van der Waals surface area contributed by atoms with Crippen LogP contribution >= 0.6 is 11.3 Å². The highest BCUT2D eigenvalue weighted by atomic mass is 32.1. The largest absolute Gasteiger partial charge is 0.348 e. The molecule has 0 aliphatic carbocycles. The summed E-state index contributed by atoms with van der Waals surface area (Å²) in [7, 11) is 2.03. The first kappa shape index (κ1) is 20.2. The lowest BCUT2D eigenvalue weighted by Crippen LogP contribution is -2.37. The van der Waals surface area contributed by atoms with Crippen LogP contribution in [0.4, 0.5) is 4.39 Å². The first-order chi connectivity index (χ1) is 13.5. The summed E-state index contributed by atoms with van der Waals surface area (Å²) in [4.78, 5) is 20.0. The number of carbonyl (C=O) groups excluding carboxylic acids is 1. The molecule has 3 rings (SSSR count). The Kier molecular flexibility index (Phi) is 6.53. The number of likely N-dealkylation sites (N-methyl/N-ethyl adjacent to an activating group) is 1. The van der Waals surface area contributed by atoms with Crippen LogP contribution in [0.15, 0.2) is 41.8 Å². The highest BCUT2D eigenvalue weighted by Gasteiger charge is 2.19. The molecule has 6 nitrogen and oxygen atoms in total. The van der Waals surface area contributed by atoms with Gasteiger partial charge in [-0.2, -0.15) is 0 Å². The predicted molar refractivity (Wildman–Crippen MR) is 109 cm³/mol. The predicted octanol–water partition coefficient (Wildman–Crippen LogP) is 3.60. The molecule has 8 heteroatoms. The van der Waals surface area contributed by atoms with Crippen LogP contribution in [0.5, 0.6) is 0 Å². The fourth-order valence-corrected chi connectivity index (χ4v) is 3.42. The molecular weight excluding hydrogens is 377 g/mol. The fraction of sp³-hybridized carbons (Fsp3) is 0.350. The molecule has 0 radical (unpaired) electrons. The average Bonchev–Trinajstić information content (AvgIpc) is 3.36. The normalized spacial score (nSPS) is 12.3. The van der Waals surface area contributed by atoms with Crippen molar-refractivity contribution in [1.82, 2.24) is 25.0 Å². The van der Waals surface area contributed by atoms with Gasteiger partial charge < -0.3 is 10.2 Å². The first-order valence-corrected chi connectivity index (χ1v) is 10.1.